The molecule has 4 rings (SSSR count). The van der Waals surface area contributed by atoms with Crippen molar-refractivity contribution in [1.82, 2.24) is 15.2 Å². The minimum atomic E-state index is -0.303. The molecule has 3 N–H and O–H groups in total. The highest BCUT2D eigenvalue weighted by Gasteiger charge is 2.23. The topological polar surface area (TPSA) is 112 Å². The summed E-state index contributed by atoms with van der Waals surface area (Å²) in [6.07, 6.45) is 3.29. The number of carbonyl (C=O) groups is 1. The van der Waals surface area contributed by atoms with Crippen LogP contribution in [-0.4, -0.2) is 54.8 Å². The highest BCUT2D eigenvalue weighted by molar-refractivity contribution is 6.33. The number of nitriles is 1. The largest absolute Gasteiger partial charge is 0.497 e. The zero-order valence-electron chi connectivity index (χ0n) is 22.1. The molecule has 0 bridgehead atoms. The molecule has 10 heteroatoms. The molecule has 0 unspecified atom stereocenters. The van der Waals surface area contributed by atoms with E-state index in [0.29, 0.717) is 62.7 Å². The molecular weight excluding hydrogens is 504 g/mol. The van der Waals surface area contributed by atoms with Gasteiger partial charge >= 0.3 is 6.03 Å². The Balaban J connectivity index is 1.65. The van der Waals surface area contributed by atoms with Crippen molar-refractivity contribution < 1.29 is 14.3 Å². The average Bonchev–Trinajstić information content (AvgIpc) is 2.91. The van der Waals surface area contributed by atoms with Gasteiger partial charge in [-0.3, -0.25) is 4.98 Å². The number of hydrogen-bond acceptors (Lipinski definition) is 7. The molecule has 38 heavy (non-hydrogen) atoms. The normalized spacial score (nSPS) is 14.2. The molecule has 1 aromatic heterocycles. The van der Waals surface area contributed by atoms with Gasteiger partial charge in [0.1, 0.15) is 17.6 Å². The van der Waals surface area contributed by atoms with Crippen molar-refractivity contribution in [2.75, 3.05) is 37.4 Å². The number of carbonyl (C=O) groups excluding carboxylic acids is 1. The van der Waals surface area contributed by atoms with Gasteiger partial charge in [-0.2, -0.15) is 5.26 Å². The molecule has 3 aromatic rings. The number of nitrogens with one attached hydrogen (secondary N) is 3. The second kappa shape index (κ2) is 12.2. The van der Waals surface area contributed by atoms with Gasteiger partial charge in [-0.1, -0.05) is 11.6 Å². The number of nitrogens with zero attached hydrogens (tertiary/aromatic N) is 3. The van der Waals surface area contributed by atoms with E-state index in [9.17, 15) is 10.1 Å². The number of aromatic nitrogens is 1. The number of amides is 2. The molecule has 1 fully saturated rings. The molecule has 200 valence electrons. The number of benzene rings is 2. The van der Waals surface area contributed by atoms with E-state index in [1.165, 1.54) is 6.20 Å². The van der Waals surface area contributed by atoms with Crippen molar-refractivity contribution in [3.05, 3.63) is 47.1 Å². The molecule has 1 aliphatic rings. The first kappa shape index (κ1) is 27.3. The Kier molecular flexibility index (Phi) is 8.77. The van der Waals surface area contributed by atoms with Crippen molar-refractivity contribution in [3.63, 3.8) is 0 Å². The molecule has 1 saturated heterocycles. The molecule has 0 radical (unpaired) electrons. The van der Waals surface area contributed by atoms with Gasteiger partial charge in [0.15, 0.2) is 0 Å². The number of likely N-dealkylation sites (tertiary alicyclic amines) is 1. The van der Waals surface area contributed by atoms with Crippen LogP contribution in [0.4, 0.5) is 21.9 Å². The lowest BCUT2D eigenvalue weighted by Gasteiger charge is -2.34. The highest BCUT2D eigenvalue weighted by Crippen LogP contribution is 2.38. The molecule has 2 heterocycles. The van der Waals surface area contributed by atoms with Gasteiger partial charge in [0.05, 0.1) is 46.9 Å². The van der Waals surface area contributed by atoms with E-state index in [0.717, 1.165) is 25.9 Å². The minimum Gasteiger partial charge on any atom is -0.497 e. The standard InChI is InChI=1S/C28H33ClN6O3/c1-5-38-26-14-23-21(13-25(26)34-28(36)32-19-8-10-35(11-9-19)17(2)3)27(18(15-30)16-31-23)33-24-12-20(37-4)6-7-22(24)29/h6-7,12-14,16-17,19H,5,8-11H2,1-4H3,(H,31,33)(H2,32,34,36). The summed E-state index contributed by atoms with van der Waals surface area (Å²) in [6.45, 7) is 8.57. The summed E-state index contributed by atoms with van der Waals surface area (Å²) in [5.41, 5.74) is 2.49. The highest BCUT2D eigenvalue weighted by atomic mass is 35.5. The van der Waals surface area contributed by atoms with Gasteiger partial charge in [0.2, 0.25) is 0 Å². The number of methoxy groups -OCH3 is 1. The predicted molar refractivity (Wildman–Crippen MR) is 151 cm³/mol. The Hall–Kier alpha value is -3.74. The Labute approximate surface area is 228 Å². The minimum absolute atomic E-state index is 0.0975. The molecule has 1 aliphatic heterocycles. The number of ether oxygens (including phenoxy) is 2. The number of rotatable bonds is 8. The Bertz CT molecular complexity index is 1350. The lowest BCUT2D eigenvalue weighted by atomic mass is 10.0. The summed E-state index contributed by atoms with van der Waals surface area (Å²) < 4.78 is 11.2. The van der Waals surface area contributed by atoms with E-state index in [2.05, 4.69) is 45.8 Å². The van der Waals surface area contributed by atoms with E-state index in [-0.39, 0.29) is 12.1 Å². The third kappa shape index (κ3) is 6.21. The fourth-order valence-electron chi connectivity index (χ4n) is 4.58. The van der Waals surface area contributed by atoms with Crippen molar-refractivity contribution in [2.45, 2.75) is 45.7 Å². The molecule has 0 saturated carbocycles. The number of halogens is 1. The molecule has 0 spiro atoms. The van der Waals surface area contributed by atoms with Gasteiger partial charge in [0.25, 0.3) is 0 Å². The summed E-state index contributed by atoms with van der Waals surface area (Å²) >= 11 is 6.43. The SMILES string of the molecule is CCOc1cc2ncc(C#N)c(Nc3cc(OC)ccc3Cl)c2cc1NC(=O)NC1CCN(C(C)C)CC1. The van der Waals surface area contributed by atoms with E-state index in [4.69, 9.17) is 21.1 Å². The maximum absolute atomic E-state index is 13.0. The van der Waals surface area contributed by atoms with E-state index in [1.807, 2.05) is 6.92 Å². The van der Waals surface area contributed by atoms with Crippen LogP contribution in [0.3, 0.4) is 0 Å². The van der Waals surface area contributed by atoms with Crippen LogP contribution in [0.2, 0.25) is 5.02 Å². The summed E-state index contributed by atoms with van der Waals surface area (Å²) in [5.74, 6) is 1.11. The zero-order valence-corrected chi connectivity index (χ0v) is 22.9. The van der Waals surface area contributed by atoms with Crippen molar-refractivity contribution in [3.8, 4) is 17.6 Å². The van der Waals surface area contributed by atoms with Gasteiger partial charge in [-0.25, -0.2) is 4.79 Å². The molecule has 0 atom stereocenters. The molecule has 0 aliphatic carbocycles. The molecule has 2 aromatic carbocycles. The number of anilines is 3. The fourth-order valence-corrected chi connectivity index (χ4v) is 4.74. The number of hydrogen-bond donors (Lipinski definition) is 3. The van der Waals surface area contributed by atoms with E-state index in [1.54, 1.807) is 37.4 Å². The van der Waals surface area contributed by atoms with Crippen molar-refractivity contribution >= 4 is 45.6 Å². The number of fused-ring (bicyclic) bond motifs is 1. The van der Waals surface area contributed by atoms with Crippen LogP contribution in [0.1, 0.15) is 39.2 Å². The maximum Gasteiger partial charge on any atom is 0.319 e. The maximum atomic E-state index is 13.0. The number of urea groups is 1. The monoisotopic (exact) mass is 536 g/mol. The Morgan fingerprint density at radius 3 is 2.66 bits per heavy atom. The van der Waals surface area contributed by atoms with Crippen LogP contribution in [0.5, 0.6) is 11.5 Å². The van der Waals surface area contributed by atoms with Gasteiger partial charge < -0.3 is 30.3 Å². The van der Waals surface area contributed by atoms with Crippen LogP contribution in [0.25, 0.3) is 10.9 Å². The average molecular weight is 537 g/mol. The van der Waals surface area contributed by atoms with Crippen LogP contribution in [0.15, 0.2) is 36.5 Å². The molecule has 2 amide bonds. The second-order valence-electron chi connectivity index (χ2n) is 9.43. The molecular formula is C28H33ClN6O3. The van der Waals surface area contributed by atoms with Crippen LogP contribution in [0, 0.1) is 11.3 Å². The van der Waals surface area contributed by atoms with Crippen LogP contribution < -0.4 is 25.4 Å². The number of piperidine rings is 1. The predicted octanol–water partition coefficient (Wildman–Crippen LogP) is 5.91. The Morgan fingerprint density at radius 1 is 1.24 bits per heavy atom. The summed E-state index contributed by atoms with van der Waals surface area (Å²) in [4.78, 5) is 19.9. The summed E-state index contributed by atoms with van der Waals surface area (Å²) in [6, 6.07) is 11.2. The van der Waals surface area contributed by atoms with Crippen molar-refractivity contribution in [1.29, 1.82) is 5.26 Å². The number of pyridine rings is 1. The van der Waals surface area contributed by atoms with Gasteiger partial charge in [-0.15, -0.1) is 0 Å². The molecule has 9 nitrogen and oxygen atoms in total. The third-order valence-electron chi connectivity index (χ3n) is 6.67. The quantitative estimate of drug-likeness (QED) is 0.328. The smallest absolute Gasteiger partial charge is 0.319 e. The zero-order chi connectivity index (χ0) is 27.2. The van der Waals surface area contributed by atoms with Crippen LogP contribution >= 0.6 is 11.6 Å². The lowest BCUT2D eigenvalue weighted by Crippen LogP contribution is -2.47. The fraction of sp³-hybridized carbons (Fsp3) is 0.393. The first-order valence-electron chi connectivity index (χ1n) is 12.7. The Morgan fingerprint density at radius 2 is 2.00 bits per heavy atom. The summed E-state index contributed by atoms with van der Waals surface area (Å²) in [7, 11) is 1.57. The first-order chi connectivity index (χ1) is 18.3. The third-order valence-corrected chi connectivity index (χ3v) is 7.00. The second-order valence-corrected chi connectivity index (χ2v) is 9.84. The van der Waals surface area contributed by atoms with Gasteiger partial charge in [0, 0.05) is 48.9 Å². The van der Waals surface area contributed by atoms with E-state index < -0.39 is 0 Å². The van der Waals surface area contributed by atoms with Gasteiger partial charge in [-0.05, 0) is 51.8 Å². The summed E-state index contributed by atoms with van der Waals surface area (Å²) in [5, 5.41) is 20.2. The first-order valence-corrected chi connectivity index (χ1v) is 13.1. The lowest BCUT2D eigenvalue weighted by molar-refractivity contribution is 0.163. The van der Waals surface area contributed by atoms with E-state index >= 15 is 0 Å². The van der Waals surface area contributed by atoms with Crippen LogP contribution in [-0.2, 0) is 0 Å². The van der Waals surface area contributed by atoms with Crippen molar-refractivity contribution in [2.24, 2.45) is 0 Å².